The van der Waals surface area contributed by atoms with Crippen molar-refractivity contribution >= 4 is 23.3 Å². The normalized spacial score (nSPS) is 11.7. The van der Waals surface area contributed by atoms with Crippen molar-refractivity contribution in [2.24, 2.45) is 5.92 Å². The Hall–Kier alpha value is -1.66. The number of benzene rings is 1. The summed E-state index contributed by atoms with van der Waals surface area (Å²) < 4.78 is 0. The Kier molecular flexibility index (Phi) is 5.26. The molecule has 1 aromatic rings. The van der Waals surface area contributed by atoms with Gasteiger partial charge in [-0.2, -0.15) is 0 Å². The first-order valence-electron chi connectivity index (χ1n) is 6.04. The predicted molar refractivity (Wildman–Crippen MR) is 78.8 cm³/mol. The lowest BCUT2D eigenvalue weighted by Crippen LogP contribution is -2.33. The van der Waals surface area contributed by atoms with E-state index in [4.69, 9.17) is 23.1 Å². The van der Waals surface area contributed by atoms with Crippen LogP contribution in [0.3, 0.4) is 0 Å². The molecule has 0 fully saturated rings. The minimum Gasteiger partial charge on any atom is -0.481 e. The second-order valence-electron chi connectivity index (χ2n) is 4.74. The molecule has 1 N–H and O–H groups in total. The topological polar surface area (TPSA) is 40.5 Å². The van der Waals surface area contributed by atoms with E-state index >= 15 is 0 Å². The predicted octanol–water partition coefficient (Wildman–Crippen LogP) is 3.12. The highest BCUT2D eigenvalue weighted by Crippen LogP contribution is 2.31. The molecule has 1 atom stereocenters. The van der Waals surface area contributed by atoms with Crippen LogP contribution in [0.2, 0.25) is 5.02 Å². The van der Waals surface area contributed by atoms with Crippen LogP contribution in [0, 0.1) is 32.1 Å². The number of hydrogen-bond acceptors (Lipinski definition) is 2. The van der Waals surface area contributed by atoms with Crippen molar-refractivity contribution < 1.29 is 9.90 Å². The van der Waals surface area contributed by atoms with Crippen LogP contribution in [0.4, 0.5) is 5.69 Å². The lowest BCUT2D eigenvalue weighted by Gasteiger charge is -2.27. The van der Waals surface area contributed by atoms with E-state index in [-0.39, 0.29) is 0 Å². The number of carboxylic acid groups (broad SMARTS) is 1. The lowest BCUT2D eigenvalue weighted by molar-refractivity contribution is -0.140. The Bertz CT molecular complexity index is 496. The van der Waals surface area contributed by atoms with E-state index in [0.717, 1.165) is 16.8 Å². The average Bonchev–Trinajstić information content (AvgIpc) is 2.27. The van der Waals surface area contributed by atoms with Gasteiger partial charge in [-0.25, -0.2) is 0 Å². The number of anilines is 1. The van der Waals surface area contributed by atoms with Crippen molar-refractivity contribution in [1.29, 1.82) is 0 Å². The molecule has 0 amide bonds. The number of aliphatic carboxylic acids is 1. The largest absolute Gasteiger partial charge is 0.481 e. The SMILES string of the molecule is C#CCN(CC(C)C(=O)O)c1c(C)cc(C)cc1Cl. The fourth-order valence-corrected chi connectivity index (χ4v) is 2.50. The second-order valence-corrected chi connectivity index (χ2v) is 5.14. The molecule has 0 aliphatic rings. The molecule has 0 heterocycles. The fourth-order valence-electron chi connectivity index (χ4n) is 2.06. The summed E-state index contributed by atoms with van der Waals surface area (Å²) >= 11 is 6.27. The zero-order valence-electron chi connectivity index (χ0n) is 11.4. The molecule has 0 aliphatic carbocycles. The van der Waals surface area contributed by atoms with Crippen molar-refractivity contribution in [2.75, 3.05) is 18.0 Å². The van der Waals surface area contributed by atoms with Gasteiger partial charge in [-0.05, 0) is 31.0 Å². The zero-order valence-corrected chi connectivity index (χ0v) is 12.2. The van der Waals surface area contributed by atoms with Crippen LogP contribution in [0.15, 0.2) is 12.1 Å². The zero-order chi connectivity index (χ0) is 14.6. The monoisotopic (exact) mass is 279 g/mol. The number of nitrogens with zero attached hydrogens (tertiary/aromatic N) is 1. The smallest absolute Gasteiger partial charge is 0.308 e. The maximum Gasteiger partial charge on any atom is 0.308 e. The molecule has 1 aromatic carbocycles. The van der Waals surface area contributed by atoms with Crippen LogP contribution in [-0.2, 0) is 4.79 Å². The van der Waals surface area contributed by atoms with E-state index in [1.165, 1.54) is 0 Å². The summed E-state index contributed by atoms with van der Waals surface area (Å²) in [6.45, 7) is 6.24. The van der Waals surface area contributed by atoms with Gasteiger partial charge in [0.05, 0.1) is 23.2 Å². The highest BCUT2D eigenvalue weighted by molar-refractivity contribution is 6.33. The third-order valence-electron chi connectivity index (χ3n) is 2.91. The molecule has 0 radical (unpaired) electrons. The standard InChI is InChI=1S/C15H18ClNO2/c1-5-6-17(9-12(4)15(18)19)14-11(3)7-10(2)8-13(14)16/h1,7-8,12H,6,9H2,2-4H3,(H,18,19). The number of carboxylic acids is 1. The summed E-state index contributed by atoms with van der Waals surface area (Å²) in [7, 11) is 0. The van der Waals surface area contributed by atoms with E-state index in [2.05, 4.69) is 5.92 Å². The molecule has 0 aromatic heterocycles. The van der Waals surface area contributed by atoms with Crippen LogP contribution in [-0.4, -0.2) is 24.2 Å². The molecule has 102 valence electrons. The van der Waals surface area contributed by atoms with Gasteiger partial charge in [0.15, 0.2) is 0 Å². The van der Waals surface area contributed by atoms with Crippen LogP contribution in [0.25, 0.3) is 0 Å². The van der Waals surface area contributed by atoms with Gasteiger partial charge in [0.1, 0.15) is 0 Å². The molecule has 0 saturated carbocycles. The summed E-state index contributed by atoms with van der Waals surface area (Å²) in [5.74, 6) is 1.20. The van der Waals surface area contributed by atoms with E-state index in [9.17, 15) is 4.79 Å². The van der Waals surface area contributed by atoms with Crippen LogP contribution in [0.1, 0.15) is 18.1 Å². The summed E-state index contributed by atoms with van der Waals surface area (Å²) in [6, 6.07) is 3.87. The second kappa shape index (κ2) is 6.49. The summed E-state index contributed by atoms with van der Waals surface area (Å²) in [5.41, 5.74) is 2.88. The van der Waals surface area contributed by atoms with Crippen molar-refractivity contribution in [1.82, 2.24) is 0 Å². The minimum atomic E-state index is -0.845. The van der Waals surface area contributed by atoms with Crippen molar-refractivity contribution in [2.45, 2.75) is 20.8 Å². The summed E-state index contributed by atoms with van der Waals surface area (Å²) in [5, 5.41) is 9.62. The van der Waals surface area contributed by atoms with Gasteiger partial charge in [-0.15, -0.1) is 6.42 Å². The molecule has 0 saturated heterocycles. The van der Waals surface area contributed by atoms with Crippen LogP contribution < -0.4 is 4.90 Å². The molecule has 3 nitrogen and oxygen atoms in total. The van der Waals surface area contributed by atoms with E-state index in [1.807, 2.05) is 30.9 Å². The van der Waals surface area contributed by atoms with Gasteiger partial charge in [0, 0.05) is 6.54 Å². The summed E-state index contributed by atoms with van der Waals surface area (Å²) in [4.78, 5) is 12.8. The van der Waals surface area contributed by atoms with Crippen molar-refractivity contribution in [3.8, 4) is 12.3 Å². The fraction of sp³-hybridized carbons (Fsp3) is 0.400. The van der Waals surface area contributed by atoms with Gasteiger partial charge in [-0.1, -0.05) is 30.5 Å². The third-order valence-corrected chi connectivity index (χ3v) is 3.20. The number of aryl methyl sites for hydroxylation is 2. The molecule has 0 spiro atoms. The number of halogens is 1. The molecule has 4 heteroatoms. The Balaban J connectivity index is 3.13. The maximum atomic E-state index is 11.0. The van der Waals surface area contributed by atoms with Gasteiger partial charge in [-0.3, -0.25) is 4.79 Å². The molecule has 0 aliphatic heterocycles. The Labute approximate surface area is 119 Å². The number of terminal acetylenes is 1. The summed E-state index contributed by atoms with van der Waals surface area (Å²) in [6.07, 6.45) is 5.37. The maximum absolute atomic E-state index is 11.0. The van der Waals surface area contributed by atoms with Gasteiger partial charge >= 0.3 is 5.97 Å². The Morgan fingerprint density at radius 3 is 2.63 bits per heavy atom. The minimum absolute atomic E-state index is 0.335. The van der Waals surface area contributed by atoms with E-state index in [0.29, 0.717) is 18.1 Å². The van der Waals surface area contributed by atoms with Crippen molar-refractivity contribution in [3.05, 3.63) is 28.3 Å². The first-order valence-corrected chi connectivity index (χ1v) is 6.42. The molecule has 1 unspecified atom stereocenters. The van der Waals surface area contributed by atoms with Gasteiger partial charge < -0.3 is 10.0 Å². The van der Waals surface area contributed by atoms with Crippen molar-refractivity contribution in [3.63, 3.8) is 0 Å². The van der Waals surface area contributed by atoms with E-state index in [1.54, 1.807) is 6.92 Å². The number of rotatable bonds is 5. The molecule has 0 bridgehead atoms. The van der Waals surface area contributed by atoms with E-state index < -0.39 is 11.9 Å². The number of carbonyl (C=O) groups is 1. The molecular weight excluding hydrogens is 262 g/mol. The molecule has 19 heavy (non-hydrogen) atoms. The third kappa shape index (κ3) is 3.90. The van der Waals surface area contributed by atoms with Crippen LogP contribution >= 0.6 is 11.6 Å². The Morgan fingerprint density at radius 1 is 1.53 bits per heavy atom. The van der Waals surface area contributed by atoms with Crippen LogP contribution in [0.5, 0.6) is 0 Å². The first-order chi connectivity index (χ1) is 8.86. The Morgan fingerprint density at radius 2 is 2.16 bits per heavy atom. The molecule has 1 rings (SSSR count). The molecular formula is C15H18ClNO2. The highest BCUT2D eigenvalue weighted by atomic mass is 35.5. The average molecular weight is 280 g/mol. The first kappa shape index (κ1) is 15.4. The van der Waals surface area contributed by atoms with Gasteiger partial charge in [0.25, 0.3) is 0 Å². The van der Waals surface area contributed by atoms with Gasteiger partial charge in [0.2, 0.25) is 0 Å². The lowest BCUT2D eigenvalue weighted by atomic mass is 10.1. The quantitative estimate of drug-likeness (QED) is 0.842. The number of hydrogen-bond donors (Lipinski definition) is 1. The highest BCUT2D eigenvalue weighted by Gasteiger charge is 2.19.